The Morgan fingerprint density at radius 1 is 1.16 bits per heavy atom. The molecular formula is C33H32F3N3O4. The van der Waals surface area contributed by atoms with E-state index in [1.807, 2.05) is 18.2 Å². The molecule has 2 aromatic carbocycles. The number of ether oxygens (including phenoxy) is 2. The van der Waals surface area contributed by atoms with E-state index < -0.39 is 11.7 Å². The maximum Gasteiger partial charge on any atom is 0.416 e. The van der Waals surface area contributed by atoms with E-state index in [9.17, 15) is 22.8 Å². The van der Waals surface area contributed by atoms with Crippen molar-refractivity contribution in [3.05, 3.63) is 76.5 Å². The number of amides is 1. The summed E-state index contributed by atoms with van der Waals surface area (Å²) < 4.78 is 54.5. The van der Waals surface area contributed by atoms with Gasteiger partial charge in [-0.1, -0.05) is 19.1 Å². The normalized spacial score (nSPS) is 24.3. The molecule has 10 heteroatoms. The minimum atomic E-state index is -4.54. The quantitative estimate of drug-likeness (QED) is 0.306. The molecule has 0 radical (unpaired) electrons. The number of Topliss-reactive ketones (excluding diaryl/α,β-unsaturated/α-hetero) is 1. The molecule has 7 nitrogen and oxygen atoms in total. The van der Waals surface area contributed by atoms with Crippen LogP contribution < -0.4 is 14.8 Å². The summed E-state index contributed by atoms with van der Waals surface area (Å²) in [6, 6.07) is 11.3. The van der Waals surface area contributed by atoms with Crippen molar-refractivity contribution in [2.24, 2.45) is 11.8 Å². The van der Waals surface area contributed by atoms with Gasteiger partial charge in [0.2, 0.25) is 5.91 Å². The number of likely N-dealkylation sites (tertiary alicyclic amines) is 1. The van der Waals surface area contributed by atoms with Crippen molar-refractivity contribution < 1.29 is 32.2 Å². The summed E-state index contributed by atoms with van der Waals surface area (Å²) >= 11 is 0. The zero-order chi connectivity index (χ0) is 29.9. The van der Waals surface area contributed by atoms with E-state index in [0.29, 0.717) is 36.1 Å². The smallest absolute Gasteiger partial charge is 0.416 e. The van der Waals surface area contributed by atoms with Gasteiger partial charge in [-0.15, -0.1) is 0 Å². The van der Waals surface area contributed by atoms with Crippen molar-refractivity contribution in [2.45, 2.75) is 63.8 Å². The highest BCUT2D eigenvalue weighted by atomic mass is 19.4. The van der Waals surface area contributed by atoms with Crippen LogP contribution in [0.15, 0.2) is 48.7 Å². The van der Waals surface area contributed by atoms with Crippen LogP contribution in [-0.2, 0) is 23.9 Å². The first-order chi connectivity index (χ1) is 20.6. The van der Waals surface area contributed by atoms with Gasteiger partial charge in [-0.2, -0.15) is 13.2 Å². The Morgan fingerprint density at radius 3 is 2.84 bits per heavy atom. The van der Waals surface area contributed by atoms with E-state index in [1.165, 1.54) is 12.1 Å². The lowest BCUT2D eigenvalue weighted by Crippen LogP contribution is -2.34. The van der Waals surface area contributed by atoms with Crippen LogP contribution in [0.5, 0.6) is 17.2 Å². The topological polar surface area (TPSA) is 80.8 Å². The Bertz CT molecular complexity index is 1610. The van der Waals surface area contributed by atoms with Crippen molar-refractivity contribution in [3.8, 4) is 17.2 Å². The molecule has 7 rings (SSSR count). The summed E-state index contributed by atoms with van der Waals surface area (Å²) in [5.41, 5.74) is 1.33. The van der Waals surface area contributed by atoms with Crippen molar-refractivity contribution in [1.82, 2.24) is 9.88 Å². The number of aromatic nitrogens is 1. The summed E-state index contributed by atoms with van der Waals surface area (Å²) in [6.07, 6.45) is -0.0690. The molecule has 0 unspecified atom stereocenters. The number of ketones is 1. The molecule has 1 aliphatic carbocycles. The van der Waals surface area contributed by atoms with Gasteiger partial charge in [0.25, 0.3) is 0 Å². The van der Waals surface area contributed by atoms with Gasteiger partial charge in [0, 0.05) is 60.7 Å². The lowest BCUT2D eigenvalue weighted by Gasteiger charge is -2.31. The van der Waals surface area contributed by atoms with E-state index in [-0.39, 0.29) is 53.7 Å². The van der Waals surface area contributed by atoms with Gasteiger partial charge in [-0.3, -0.25) is 14.5 Å². The number of pyridine rings is 1. The molecule has 1 saturated carbocycles. The van der Waals surface area contributed by atoms with Gasteiger partial charge in [0.05, 0.1) is 5.56 Å². The van der Waals surface area contributed by atoms with Crippen LogP contribution in [0.3, 0.4) is 0 Å². The standard InChI is InChI=1S/C33H32F3N3O4/c1-18-3-2-12-39(16-18)17-20-5-4-19(13-25(20)33(34,35)36)26(40)15-24-30-23-14-21(6-8-27(23)43-31(24)30)42-28-10-11-37-32-22(28)7-9-29(41)38-32/h4-6,8,10-11,13-14,18,24,30-31H,2-3,7,9,12,15-17H2,1H3,(H,37,38,41)/t18-,24-,30-,31+/m0/s1. The number of nitrogens with one attached hydrogen (secondary N) is 1. The molecule has 1 amide bonds. The molecule has 3 aliphatic heterocycles. The third-order valence-electron chi connectivity index (χ3n) is 9.09. The number of carbonyl (C=O) groups excluding carboxylic acids is 2. The van der Waals surface area contributed by atoms with Crippen LogP contribution >= 0.6 is 0 Å². The molecule has 1 aromatic heterocycles. The van der Waals surface area contributed by atoms with Gasteiger partial charge < -0.3 is 14.8 Å². The summed E-state index contributed by atoms with van der Waals surface area (Å²) in [5.74, 6) is 2.38. The number of piperidine rings is 1. The summed E-state index contributed by atoms with van der Waals surface area (Å²) in [7, 11) is 0. The van der Waals surface area contributed by atoms with Crippen LogP contribution in [0.2, 0.25) is 0 Å². The maximum atomic E-state index is 14.1. The van der Waals surface area contributed by atoms with Crippen molar-refractivity contribution in [3.63, 3.8) is 0 Å². The molecule has 4 heterocycles. The second-order valence-corrected chi connectivity index (χ2v) is 12.2. The number of rotatable bonds is 7. The minimum absolute atomic E-state index is 0.0180. The van der Waals surface area contributed by atoms with Gasteiger partial charge in [0.15, 0.2) is 5.78 Å². The lowest BCUT2D eigenvalue weighted by atomic mass is 9.96. The molecule has 4 atom stereocenters. The second kappa shape index (κ2) is 10.7. The Morgan fingerprint density at radius 2 is 2.02 bits per heavy atom. The zero-order valence-electron chi connectivity index (χ0n) is 23.7. The fourth-order valence-corrected chi connectivity index (χ4v) is 6.89. The second-order valence-electron chi connectivity index (χ2n) is 12.2. The number of halogens is 3. The van der Waals surface area contributed by atoms with Crippen molar-refractivity contribution >= 4 is 17.5 Å². The summed E-state index contributed by atoms with van der Waals surface area (Å²) in [6.45, 7) is 3.91. The molecule has 43 heavy (non-hydrogen) atoms. The predicted octanol–water partition coefficient (Wildman–Crippen LogP) is 6.76. The minimum Gasteiger partial charge on any atom is -0.489 e. The van der Waals surface area contributed by atoms with Gasteiger partial charge in [-0.25, -0.2) is 4.98 Å². The summed E-state index contributed by atoms with van der Waals surface area (Å²) in [5, 5.41) is 2.77. The number of benzene rings is 2. The number of alkyl halides is 3. The van der Waals surface area contributed by atoms with E-state index in [1.54, 1.807) is 12.3 Å². The van der Waals surface area contributed by atoms with Crippen LogP contribution in [0.1, 0.15) is 71.1 Å². The Labute approximate surface area is 247 Å². The van der Waals surface area contributed by atoms with Crippen molar-refractivity contribution in [2.75, 3.05) is 18.4 Å². The van der Waals surface area contributed by atoms with Crippen molar-refractivity contribution in [1.29, 1.82) is 0 Å². The fraction of sp³-hybridized carbons (Fsp3) is 0.424. The predicted molar refractivity (Wildman–Crippen MR) is 152 cm³/mol. The van der Waals surface area contributed by atoms with E-state index in [4.69, 9.17) is 9.47 Å². The third kappa shape index (κ3) is 5.48. The number of hydrogen-bond acceptors (Lipinski definition) is 6. The van der Waals surface area contributed by atoms with Gasteiger partial charge >= 0.3 is 6.18 Å². The molecule has 0 bridgehead atoms. The molecule has 2 fully saturated rings. The molecule has 4 aliphatic rings. The number of fused-ring (bicyclic) bond motifs is 4. The molecule has 0 spiro atoms. The number of nitrogens with zero attached hydrogens (tertiary/aromatic N) is 2. The summed E-state index contributed by atoms with van der Waals surface area (Å²) in [4.78, 5) is 31.3. The van der Waals surface area contributed by atoms with Crippen LogP contribution in [0, 0.1) is 11.8 Å². The molecular weight excluding hydrogens is 559 g/mol. The highest BCUT2D eigenvalue weighted by Crippen LogP contribution is 2.60. The van der Waals surface area contributed by atoms with Crippen LogP contribution in [0.4, 0.5) is 19.0 Å². The zero-order valence-corrected chi connectivity index (χ0v) is 23.7. The van der Waals surface area contributed by atoms with Gasteiger partial charge in [-0.05, 0) is 67.6 Å². The molecule has 224 valence electrons. The highest BCUT2D eigenvalue weighted by molar-refractivity contribution is 5.97. The number of hydrogen-bond donors (Lipinski definition) is 1. The average molecular weight is 592 g/mol. The maximum absolute atomic E-state index is 14.1. The fourth-order valence-electron chi connectivity index (χ4n) is 6.89. The molecule has 3 aromatic rings. The van der Waals surface area contributed by atoms with Gasteiger partial charge in [0.1, 0.15) is 29.2 Å². The third-order valence-corrected chi connectivity index (χ3v) is 9.09. The Hall–Kier alpha value is -3.92. The highest BCUT2D eigenvalue weighted by Gasteiger charge is 2.59. The first-order valence-electron chi connectivity index (χ1n) is 14.9. The SMILES string of the molecule is C[C@H]1CCCN(Cc2ccc(C(=O)C[C@@H]3[C@H]4Oc5ccc(Oc6ccnc7c6CCC(=O)N7)cc5[C@@H]34)cc2C(F)(F)F)C1. The van der Waals surface area contributed by atoms with E-state index in [2.05, 4.69) is 22.1 Å². The largest absolute Gasteiger partial charge is 0.489 e. The lowest BCUT2D eigenvalue weighted by molar-refractivity contribution is -0.138. The van der Waals surface area contributed by atoms with E-state index in [0.717, 1.165) is 48.9 Å². The average Bonchev–Trinajstić information content (AvgIpc) is 3.48. The van der Waals surface area contributed by atoms with Crippen LogP contribution in [0.25, 0.3) is 0 Å². The number of carbonyl (C=O) groups is 2. The first-order valence-corrected chi connectivity index (χ1v) is 14.9. The molecule has 1 saturated heterocycles. The Kier molecular flexibility index (Phi) is 6.91. The number of anilines is 1. The van der Waals surface area contributed by atoms with Crippen LogP contribution in [-0.4, -0.2) is 40.8 Å². The first kappa shape index (κ1) is 27.9. The molecule has 1 N–H and O–H groups in total. The van der Waals surface area contributed by atoms with E-state index >= 15 is 0 Å². The Balaban J connectivity index is 1.05. The monoisotopic (exact) mass is 591 g/mol.